The third-order valence-electron chi connectivity index (χ3n) is 9.01. The van der Waals surface area contributed by atoms with Gasteiger partial charge in [0.1, 0.15) is 0 Å². The number of fused-ring (bicyclic) bond motifs is 3. The largest absolute Gasteiger partial charge is 0.478 e. The molecule has 47 heavy (non-hydrogen) atoms. The Hall–Kier alpha value is -5.01. The first-order valence-corrected chi connectivity index (χ1v) is 14.1. The van der Waals surface area contributed by atoms with Gasteiger partial charge in [0.2, 0.25) is 5.41 Å². The van der Waals surface area contributed by atoms with Gasteiger partial charge in [-0.25, -0.2) is 9.69 Å². The summed E-state index contributed by atoms with van der Waals surface area (Å²) >= 11 is 0. The van der Waals surface area contributed by atoms with Crippen LogP contribution < -0.4 is 4.90 Å². The van der Waals surface area contributed by atoms with Crippen molar-refractivity contribution in [1.82, 2.24) is 4.90 Å². The number of anilines is 1. The van der Waals surface area contributed by atoms with Gasteiger partial charge in [-0.2, -0.15) is 26.3 Å². The molecule has 0 unspecified atom stereocenters. The highest BCUT2D eigenvalue weighted by Gasteiger charge is 2.73. The van der Waals surface area contributed by atoms with Gasteiger partial charge in [0, 0.05) is 11.0 Å². The summed E-state index contributed by atoms with van der Waals surface area (Å²) in [6.07, 6.45) is -12.2. The lowest BCUT2D eigenvalue weighted by Gasteiger charge is -2.38. The number of carbonyl (C=O) groups excluding carboxylic acids is 4. The fraction of sp³-hybridized carbons (Fsp3) is 0.303. The topological polar surface area (TPSA) is 112 Å². The van der Waals surface area contributed by atoms with E-state index in [1.165, 1.54) is 26.8 Å². The van der Waals surface area contributed by atoms with Crippen LogP contribution in [0.4, 0.5) is 32.0 Å². The average Bonchev–Trinajstić information content (AvgIpc) is 3.24. The number of carbonyl (C=O) groups is 5. The molecule has 2 heterocycles. The van der Waals surface area contributed by atoms with Gasteiger partial charge in [-0.3, -0.25) is 24.1 Å². The highest BCUT2D eigenvalue weighted by Crippen LogP contribution is 2.57. The van der Waals surface area contributed by atoms with Gasteiger partial charge in [-0.05, 0) is 79.4 Å². The molecule has 0 aromatic heterocycles. The van der Waals surface area contributed by atoms with E-state index in [0.717, 1.165) is 17.0 Å². The third kappa shape index (κ3) is 4.12. The molecular weight excluding hydrogens is 634 g/mol. The van der Waals surface area contributed by atoms with Crippen molar-refractivity contribution in [2.24, 2.45) is 0 Å². The molecule has 1 N–H and O–H groups in total. The average molecular weight is 659 g/mol. The van der Waals surface area contributed by atoms with E-state index in [2.05, 4.69) is 0 Å². The predicted molar refractivity (Wildman–Crippen MR) is 153 cm³/mol. The maximum atomic E-state index is 15.0. The molecule has 0 spiro atoms. The number of aromatic carboxylic acids is 1. The summed E-state index contributed by atoms with van der Waals surface area (Å²) in [6, 6.07) is 5.49. The van der Waals surface area contributed by atoms with Crippen LogP contribution in [0.3, 0.4) is 0 Å². The van der Waals surface area contributed by atoms with Crippen LogP contribution in [0.1, 0.15) is 109 Å². The molecule has 14 heteroatoms. The zero-order valence-electron chi connectivity index (χ0n) is 25.3. The van der Waals surface area contributed by atoms with Crippen LogP contribution in [0.15, 0.2) is 48.5 Å². The van der Waals surface area contributed by atoms with Crippen LogP contribution in [0.2, 0.25) is 0 Å². The quantitative estimate of drug-likeness (QED) is 0.249. The Kier molecular flexibility index (Phi) is 6.32. The lowest BCUT2D eigenvalue weighted by Crippen LogP contribution is -2.55. The molecule has 8 nitrogen and oxygen atoms in total. The highest BCUT2D eigenvalue weighted by molar-refractivity contribution is 6.34. The number of amides is 4. The van der Waals surface area contributed by atoms with Crippen molar-refractivity contribution in [2.45, 2.75) is 63.3 Å². The molecule has 244 valence electrons. The van der Waals surface area contributed by atoms with Crippen LogP contribution in [0.25, 0.3) is 0 Å². The summed E-state index contributed by atoms with van der Waals surface area (Å²) in [5.74, 6) is -5.64. The Bertz CT molecular complexity index is 1990. The maximum absolute atomic E-state index is 15.0. The van der Waals surface area contributed by atoms with Crippen LogP contribution in [0.5, 0.6) is 0 Å². The second-order valence-electron chi connectivity index (χ2n) is 13.2. The van der Waals surface area contributed by atoms with E-state index in [-0.39, 0.29) is 16.8 Å². The minimum Gasteiger partial charge on any atom is -0.478 e. The maximum Gasteiger partial charge on any atom is 0.411 e. The van der Waals surface area contributed by atoms with Crippen LogP contribution in [0, 0.1) is 0 Å². The SMILES string of the molecule is CC1(C)c2cc(N3C(=O)c4ccc(C(c5ccc6c(c5)C(=O)N(C(C)(C)C)C6=O)(C(F)(F)F)C(F)(F)F)cc4C3=O)cc(C(=O)O)c21. The highest BCUT2D eigenvalue weighted by atomic mass is 19.4. The molecule has 0 atom stereocenters. The molecule has 0 radical (unpaired) electrons. The van der Waals surface area contributed by atoms with Crippen LogP contribution >= 0.6 is 0 Å². The van der Waals surface area contributed by atoms with E-state index in [9.17, 15) is 29.1 Å². The monoisotopic (exact) mass is 658 g/mol. The lowest BCUT2D eigenvalue weighted by atomic mass is 9.71. The van der Waals surface area contributed by atoms with Gasteiger partial charge < -0.3 is 5.11 Å². The second kappa shape index (κ2) is 9.29. The smallest absolute Gasteiger partial charge is 0.411 e. The summed E-state index contributed by atoms with van der Waals surface area (Å²) in [6.45, 7) is 7.83. The molecule has 0 saturated heterocycles. The number of imide groups is 2. The van der Waals surface area contributed by atoms with E-state index in [1.807, 2.05) is 0 Å². The molecule has 0 bridgehead atoms. The number of halogens is 6. The minimum absolute atomic E-state index is 0.206. The van der Waals surface area contributed by atoms with E-state index < -0.39 is 86.1 Å². The van der Waals surface area contributed by atoms with Gasteiger partial charge in [-0.15, -0.1) is 0 Å². The van der Waals surface area contributed by atoms with Crippen molar-refractivity contribution in [3.63, 3.8) is 0 Å². The fourth-order valence-corrected chi connectivity index (χ4v) is 6.71. The number of carboxylic acid groups (broad SMARTS) is 1. The molecule has 3 aromatic rings. The van der Waals surface area contributed by atoms with E-state index in [1.54, 1.807) is 13.8 Å². The van der Waals surface area contributed by atoms with Crippen molar-refractivity contribution < 1.29 is 55.4 Å². The molecule has 3 aromatic carbocycles. The van der Waals surface area contributed by atoms with Crippen LogP contribution in [-0.4, -0.2) is 57.5 Å². The Morgan fingerprint density at radius 1 is 0.681 bits per heavy atom. The van der Waals surface area contributed by atoms with Crippen molar-refractivity contribution >= 4 is 35.3 Å². The molecule has 0 fully saturated rings. The predicted octanol–water partition coefficient (Wildman–Crippen LogP) is 6.63. The summed E-state index contributed by atoms with van der Waals surface area (Å²) in [5, 5.41) is 9.69. The van der Waals surface area contributed by atoms with Crippen LogP contribution in [-0.2, 0) is 10.8 Å². The second-order valence-corrected chi connectivity index (χ2v) is 13.2. The Morgan fingerprint density at radius 2 is 1.13 bits per heavy atom. The first-order valence-electron chi connectivity index (χ1n) is 14.1. The van der Waals surface area contributed by atoms with Crippen molar-refractivity contribution in [3.05, 3.63) is 98.6 Å². The Labute approximate surface area is 262 Å². The summed E-state index contributed by atoms with van der Waals surface area (Å²) in [7, 11) is 0. The first kappa shape index (κ1) is 32.0. The Balaban J connectivity index is 1.52. The number of benzene rings is 3. The van der Waals surface area contributed by atoms with Crippen molar-refractivity contribution in [3.8, 4) is 0 Å². The molecule has 0 saturated carbocycles. The molecule has 1 aliphatic carbocycles. The number of rotatable bonds is 4. The number of nitrogens with zero attached hydrogens (tertiary/aromatic N) is 2. The number of hydrogen-bond donors (Lipinski definition) is 1. The molecular formula is C33H24F6N2O6. The van der Waals surface area contributed by atoms with Gasteiger partial charge in [-0.1, -0.05) is 26.0 Å². The normalized spacial score (nSPS) is 17.3. The first-order chi connectivity index (χ1) is 21.5. The van der Waals surface area contributed by atoms with Gasteiger partial charge >= 0.3 is 18.3 Å². The van der Waals surface area contributed by atoms with E-state index in [0.29, 0.717) is 46.4 Å². The van der Waals surface area contributed by atoms with Gasteiger partial charge in [0.05, 0.1) is 33.5 Å². The number of carboxylic acids is 1. The zero-order chi connectivity index (χ0) is 35.0. The zero-order valence-corrected chi connectivity index (χ0v) is 25.3. The molecule has 2 aliphatic heterocycles. The third-order valence-corrected chi connectivity index (χ3v) is 9.01. The van der Waals surface area contributed by atoms with Gasteiger partial charge in [0.25, 0.3) is 23.6 Å². The minimum atomic E-state index is -6.11. The van der Waals surface area contributed by atoms with Crippen molar-refractivity contribution in [2.75, 3.05) is 4.90 Å². The Morgan fingerprint density at radius 3 is 1.60 bits per heavy atom. The number of alkyl halides is 6. The van der Waals surface area contributed by atoms with Gasteiger partial charge in [0.15, 0.2) is 0 Å². The molecule has 3 aliphatic rings. The summed E-state index contributed by atoms with van der Waals surface area (Å²) in [5.41, 5.74) is -11.3. The summed E-state index contributed by atoms with van der Waals surface area (Å²) in [4.78, 5) is 66.1. The van der Waals surface area contributed by atoms with E-state index in [4.69, 9.17) is 0 Å². The van der Waals surface area contributed by atoms with Crippen molar-refractivity contribution in [1.29, 1.82) is 0 Å². The van der Waals surface area contributed by atoms with E-state index >= 15 is 26.3 Å². The summed E-state index contributed by atoms with van der Waals surface area (Å²) < 4.78 is 90.3. The molecule has 4 amide bonds. The lowest BCUT2D eigenvalue weighted by molar-refractivity contribution is -0.288. The number of hydrogen-bond acceptors (Lipinski definition) is 5. The standard InChI is InChI=1S/C33H24F6N2O6/c1-29(2,3)41-26(44)18-9-7-15(11-20(18)27(41)45)31(32(34,35)36,33(37,38)39)14-6-8-17-19(10-14)25(43)40(24(17)42)16-12-21(28(46)47)23-22(13-16)30(23,4)5/h6-13H,1-5H3,(H,46,47). The molecule has 6 rings (SSSR count). The fourth-order valence-electron chi connectivity index (χ4n) is 6.71.